The zero-order valence-electron chi connectivity index (χ0n) is 14.7. The Morgan fingerprint density at radius 2 is 1.52 bits per heavy atom. The van der Waals surface area contributed by atoms with E-state index >= 15 is 0 Å². The van der Waals surface area contributed by atoms with E-state index in [2.05, 4.69) is 52.0 Å². The van der Waals surface area contributed by atoms with E-state index < -0.39 is 5.41 Å². The summed E-state index contributed by atoms with van der Waals surface area (Å²) in [5.74, 6) is -0.0387. The van der Waals surface area contributed by atoms with Gasteiger partial charge in [0.15, 0.2) is 0 Å². The van der Waals surface area contributed by atoms with Crippen LogP contribution >= 0.6 is 0 Å². The Hall–Kier alpha value is -2.13. The molecule has 0 N–H and O–H groups in total. The zero-order chi connectivity index (χ0) is 16.9. The minimum absolute atomic E-state index is 0.0387. The van der Waals surface area contributed by atoms with Crippen LogP contribution in [0.1, 0.15) is 40.3 Å². The average Bonchev–Trinajstić information content (AvgIpc) is 2.72. The summed E-state index contributed by atoms with van der Waals surface area (Å²) in [5, 5.41) is 1.43. The molecular weight excluding hydrogens is 286 g/mol. The number of anilines is 1. The molecule has 0 aromatic heterocycles. The van der Waals surface area contributed by atoms with Gasteiger partial charge in [-0.2, -0.15) is 5.06 Å². The van der Waals surface area contributed by atoms with E-state index in [1.807, 2.05) is 13.0 Å². The maximum Gasteiger partial charge on any atom is 0.265 e. The zero-order valence-corrected chi connectivity index (χ0v) is 14.7. The topological polar surface area (TPSA) is 29.5 Å². The van der Waals surface area contributed by atoms with Crippen molar-refractivity contribution in [2.75, 3.05) is 12.2 Å². The van der Waals surface area contributed by atoms with Crippen molar-refractivity contribution in [1.29, 1.82) is 0 Å². The molecule has 0 aliphatic carbocycles. The standard InChI is InChI=1S/C20H23NO2/c1-12-7-8-16(9-13(12)2)20(5)17-10-14(3)15(4)11-18(17)21(23-6)19(20)22/h7-11H,1-6H3. The van der Waals surface area contributed by atoms with Crippen molar-refractivity contribution >= 4 is 11.6 Å². The van der Waals surface area contributed by atoms with Crippen molar-refractivity contribution in [2.24, 2.45) is 0 Å². The Balaban J connectivity index is 2.29. The lowest BCUT2D eigenvalue weighted by atomic mass is 9.76. The Bertz CT molecular complexity index is 810. The van der Waals surface area contributed by atoms with Crippen molar-refractivity contribution in [1.82, 2.24) is 0 Å². The lowest BCUT2D eigenvalue weighted by Gasteiger charge is -2.25. The molecule has 0 radical (unpaired) electrons. The van der Waals surface area contributed by atoms with Gasteiger partial charge in [-0.05, 0) is 74.1 Å². The molecule has 0 saturated carbocycles. The van der Waals surface area contributed by atoms with Crippen molar-refractivity contribution in [2.45, 2.75) is 40.0 Å². The van der Waals surface area contributed by atoms with Gasteiger partial charge in [0.05, 0.1) is 12.8 Å². The molecule has 0 bridgehead atoms. The minimum Gasteiger partial charge on any atom is -0.271 e. The van der Waals surface area contributed by atoms with Crippen LogP contribution in [0.3, 0.4) is 0 Å². The van der Waals surface area contributed by atoms with Crippen LogP contribution in [-0.2, 0) is 15.0 Å². The predicted octanol–water partition coefficient (Wildman–Crippen LogP) is 4.13. The largest absolute Gasteiger partial charge is 0.271 e. The number of nitrogens with zero attached hydrogens (tertiary/aromatic N) is 1. The summed E-state index contributed by atoms with van der Waals surface area (Å²) < 4.78 is 0. The van der Waals surface area contributed by atoms with E-state index in [1.165, 1.54) is 21.8 Å². The maximum absolute atomic E-state index is 13.1. The van der Waals surface area contributed by atoms with Crippen molar-refractivity contribution in [3.8, 4) is 0 Å². The quantitative estimate of drug-likeness (QED) is 0.834. The second-order valence-electron chi connectivity index (χ2n) is 6.66. The molecule has 1 atom stereocenters. The van der Waals surface area contributed by atoms with E-state index in [-0.39, 0.29) is 5.91 Å². The van der Waals surface area contributed by atoms with Gasteiger partial charge in [0.2, 0.25) is 0 Å². The first-order valence-electron chi connectivity index (χ1n) is 7.88. The van der Waals surface area contributed by atoms with Crippen LogP contribution in [0.15, 0.2) is 30.3 Å². The molecule has 3 heteroatoms. The number of fused-ring (bicyclic) bond motifs is 1. The molecule has 1 unspecified atom stereocenters. The summed E-state index contributed by atoms with van der Waals surface area (Å²) >= 11 is 0. The lowest BCUT2D eigenvalue weighted by molar-refractivity contribution is -0.127. The highest BCUT2D eigenvalue weighted by molar-refractivity contribution is 6.09. The second-order valence-corrected chi connectivity index (χ2v) is 6.66. The predicted molar refractivity (Wildman–Crippen MR) is 92.8 cm³/mol. The molecule has 120 valence electrons. The molecule has 2 aromatic carbocycles. The fourth-order valence-corrected chi connectivity index (χ4v) is 3.31. The van der Waals surface area contributed by atoms with Crippen LogP contribution in [0.5, 0.6) is 0 Å². The molecule has 0 spiro atoms. The molecule has 0 fully saturated rings. The lowest BCUT2D eigenvalue weighted by Crippen LogP contribution is -2.38. The normalized spacial score (nSPS) is 20.1. The first kappa shape index (κ1) is 15.8. The number of rotatable bonds is 2. The van der Waals surface area contributed by atoms with E-state index in [9.17, 15) is 4.79 Å². The molecular formula is C20H23NO2. The summed E-state index contributed by atoms with van der Waals surface area (Å²) in [4.78, 5) is 18.5. The van der Waals surface area contributed by atoms with Crippen LogP contribution in [0.4, 0.5) is 5.69 Å². The molecule has 2 aromatic rings. The minimum atomic E-state index is -0.720. The molecule has 1 aliphatic rings. The molecule has 1 aliphatic heterocycles. The summed E-state index contributed by atoms with van der Waals surface area (Å²) in [7, 11) is 1.54. The van der Waals surface area contributed by atoms with Crippen molar-refractivity contribution in [3.63, 3.8) is 0 Å². The van der Waals surface area contributed by atoms with E-state index in [0.29, 0.717) is 0 Å². The fourth-order valence-electron chi connectivity index (χ4n) is 3.31. The Kier molecular flexibility index (Phi) is 3.56. The van der Waals surface area contributed by atoms with Gasteiger partial charge in [0, 0.05) is 0 Å². The monoisotopic (exact) mass is 309 g/mol. The number of hydrogen-bond donors (Lipinski definition) is 0. The molecule has 0 saturated heterocycles. The summed E-state index contributed by atoms with van der Waals surface area (Å²) in [5.41, 5.74) is 6.91. The van der Waals surface area contributed by atoms with Crippen LogP contribution in [0, 0.1) is 27.7 Å². The summed E-state index contributed by atoms with van der Waals surface area (Å²) in [6, 6.07) is 10.4. The van der Waals surface area contributed by atoms with Crippen LogP contribution in [0.2, 0.25) is 0 Å². The smallest absolute Gasteiger partial charge is 0.265 e. The third kappa shape index (κ3) is 2.11. The second kappa shape index (κ2) is 5.20. The average molecular weight is 309 g/mol. The first-order valence-corrected chi connectivity index (χ1v) is 7.88. The van der Waals surface area contributed by atoms with E-state index in [0.717, 1.165) is 22.4 Å². The fraction of sp³-hybridized carbons (Fsp3) is 0.350. The van der Waals surface area contributed by atoms with Gasteiger partial charge in [0.1, 0.15) is 5.41 Å². The third-order valence-electron chi connectivity index (χ3n) is 5.25. The van der Waals surface area contributed by atoms with Gasteiger partial charge in [0.25, 0.3) is 5.91 Å². The Labute approximate surface area is 137 Å². The Morgan fingerprint density at radius 3 is 2.13 bits per heavy atom. The molecule has 23 heavy (non-hydrogen) atoms. The van der Waals surface area contributed by atoms with Crippen LogP contribution in [-0.4, -0.2) is 13.0 Å². The first-order chi connectivity index (χ1) is 10.8. The van der Waals surface area contributed by atoms with Gasteiger partial charge in [-0.15, -0.1) is 0 Å². The maximum atomic E-state index is 13.1. The van der Waals surface area contributed by atoms with E-state index in [1.54, 1.807) is 7.11 Å². The van der Waals surface area contributed by atoms with Gasteiger partial charge in [-0.25, -0.2) is 0 Å². The van der Waals surface area contributed by atoms with Gasteiger partial charge >= 0.3 is 0 Å². The number of hydroxylamine groups is 1. The highest BCUT2D eigenvalue weighted by Crippen LogP contribution is 2.47. The van der Waals surface area contributed by atoms with Gasteiger partial charge in [-0.1, -0.05) is 24.3 Å². The van der Waals surface area contributed by atoms with Crippen LogP contribution in [0.25, 0.3) is 0 Å². The summed E-state index contributed by atoms with van der Waals surface area (Å²) in [6.45, 7) is 10.3. The third-order valence-corrected chi connectivity index (χ3v) is 5.25. The molecule has 1 amide bonds. The molecule has 3 rings (SSSR count). The highest BCUT2D eigenvalue weighted by Gasteiger charge is 2.49. The molecule has 1 heterocycles. The number of carbonyl (C=O) groups excluding carboxylic acids is 1. The van der Waals surface area contributed by atoms with Crippen molar-refractivity contribution in [3.05, 3.63) is 63.7 Å². The highest BCUT2D eigenvalue weighted by atomic mass is 16.7. The summed E-state index contributed by atoms with van der Waals surface area (Å²) in [6.07, 6.45) is 0. The number of aryl methyl sites for hydroxylation is 4. The van der Waals surface area contributed by atoms with Crippen LogP contribution < -0.4 is 5.06 Å². The van der Waals surface area contributed by atoms with E-state index in [4.69, 9.17) is 4.84 Å². The Morgan fingerprint density at radius 1 is 0.913 bits per heavy atom. The van der Waals surface area contributed by atoms with Crippen molar-refractivity contribution < 1.29 is 9.63 Å². The number of amides is 1. The SMILES string of the molecule is CON1C(=O)C(C)(c2ccc(C)c(C)c2)c2cc(C)c(C)cc21. The molecule has 3 nitrogen and oxygen atoms in total. The van der Waals surface area contributed by atoms with Gasteiger partial charge < -0.3 is 0 Å². The number of hydrogen-bond acceptors (Lipinski definition) is 2. The van der Waals surface area contributed by atoms with Gasteiger partial charge in [-0.3, -0.25) is 9.63 Å². The number of carbonyl (C=O) groups is 1. The number of benzene rings is 2.